The number of aryl methyl sites for hydroxylation is 1. The van der Waals surface area contributed by atoms with Crippen molar-refractivity contribution in [3.63, 3.8) is 0 Å². The Labute approximate surface area is 258 Å². The molecule has 0 bridgehead atoms. The fourth-order valence-electron chi connectivity index (χ4n) is 6.08. The topological polar surface area (TPSA) is 54.4 Å². The number of aromatic nitrogens is 1. The number of halogens is 2. The van der Waals surface area contributed by atoms with Gasteiger partial charge in [-0.2, -0.15) is 8.78 Å². The van der Waals surface area contributed by atoms with Gasteiger partial charge in [0.2, 0.25) is 0 Å². The minimum atomic E-state index is -2.86. The maximum absolute atomic E-state index is 13.5. The zero-order chi connectivity index (χ0) is 31.1. The molecule has 1 aliphatic rings. The third-order valence-corrected chi connectivity index (χ3v) is 8.70. The second-order valence-corrected chi connectivity index (χ2v) is 11.9. The predicted molar refractivity (Wildman–Crippen MR) is 174 cm³/mol. The highest BCUT2D eigenvalue weighted by Crippen LogP contribution is 2.42. The van der Waals surface area contributed by atoms with Gasteiger partial charge in [0.05, 0.1) is 16.6 Å². The van der Waals surface area contributed by atoms with Crippen LogP contribution in [-0.4, -0.2) is 17.4 Å². The molecule has 0 amide bonds. The molecule has 230 valence electrons. The fourth-order valence-corrected chi connectivity index (χ4v) is 6.08. The molecule has 1 heterocycles. The third-order valence-electron chi connectivity index (χ3n) is 8.70. The fraction of sp³-hybridized carbons (Fsp3) is 0.368. The molecule has 1 saturated carbocycles. The van der Waals surface area contributed by atoms with E-state index in [1.165, 1.54) is 24.8 Å². The molecule has 1 aromatic heterocycles. The number of nitrogens with zero attached hydrogens (tertiary/aromatic N) is 1. The zero-order valence-electron chi connectivity index (χ0n) is 25.9. The Morgan fingerprint density at radius 2 is 1.84 bits per heavy atom. The molecular weight excluding hydrogens is 554 g/mol. The quantitative estimate of drug-likeness (QED) is 0.116. The Morgan fingerprint density at radius 1 is 1.07 bits per heavy atom. The predicted octanol–water partition coefficient (Wildman–Crippen LogP) is 10.5. The number of ether oxygens (including phenoxy) is 1. The van der Waals surface area contributed by atoms with E-state index in [9.17, 15) is 13.6 Å². The summed E-state index contributed by atoms with van der Waals surface area (Å²) in [6.07, 6.45) is 13.0. The summed E-state index contributed by atoms with van der Waals surface area (Å²) in [5, 5.41) is 1.73. The molecule has 0 aliphatic heterocycles. The van der Waals surface area contributed by atoms with Gasteiger partial charge in [-0.15, -0.1) is 0 Å². The smallest absolute Gasteiger partial charge is 0.387 e. The maximum Gasteiger partial charge on any atom is 0.387 e. The van der Waals surface area contributed by atoms with Crippen LogP contribution in [0.4, 0.5) is 14.5 Å². The highest BCUT2D eigenvalue weighted by Gasteiger charge is 2.32. The van der Waals surface area contributed by atoms with Gasteiger partial charge in [0.1, 0.15) is 5.75 Å². The number of nitrogens with one attached hydrogen (secondary N) is 1. The van der Waals surface area contributed by atoms with Crippen molar-refractivity contribution in [2.45, 2.75) is 78.7 Å². The first-order chi connectivity index (χ1) is 21.4. The Balaban J connectivity index is 1.35. The summed E-state index contributed by atoms with van der Waals surface area (Å²) < 4.78 is 29.6. The highest BCUT2D eigenvalue weighted by molar-refractivity contribution is 5.98. The molecule has 1 atom stereocenters. The monoisotopic (exact) mass is 596 g/mol. The van der Waals surface area contributed by atoms with Crippen LogP contribution in [-0.2, 0) is 0 Å². The highest BCUT2D eigenvalue weighted by atomic mass is 19.3. The lowest BCUT2D eigenvalue weighted by molar-refractivity contribution is -0.0498. The van der Waals surface area contributed by atoms with Crippen LogP contribution in [0.2, 0.25) is 0 Å². The normalized spacial score (nSPS) is 14.8. The molecule has 5 rings (SSSR count). The minimum Gasteiger partial charge on any atom is -0.435 e. The molecule has 1 unspecified atom stereocenters. The molecule has 1 fully saturated rings. The maximum atomic E-state index is 13.5. The zero-order valence-corrected chi connectivity index (χ0v) is 25.9. The molecule has 3 aromatic carbocycles. The number of rotatable bonds is 14. The Bertz CT molecular complexity index is 1680. The molecule has 4 aromatic rings. The van der Waals surface area contributed by atoms with E-state index in [4.69, 9.17) is 4.99 Å². The average Bonchev–Trinajstić information content (AvgIpc) is 3.80. The molecule has 1 N–H and O–H groups in total. The van der Waals surface area contributed by atoms with Gasteiger partial charge in [-0.05, 0) is 105 Å². The van der Waals surface area contributed by atoms with E-state index >= 15 is 0 Å². The van der Waals surface area contributed by atoms with Gasteiger partial charge >= 0.3 is 6.61 Å². The van der Waals surface area contributed by atoms with Gasteiger partial charge in [0.25, 0.3) is 0 Å². The first kappa shape index (κ1) is 31.4. The van der Waals surface area contributed by atoms with Gasteiger partial charge in [0.15, 0.2) is 5.78 Å². The summed E-state index contributed by atoms with van der Waals surface area (Å²) in [5.74, 6) is 1.49. The number of hydrogen-bond donors (Lipinski definition) is 1. The van der Waals surface area contributed by atoms with Crippen molar-refractivity contribution in [3.8, 4) is 16.9 Å². The van der Waals surface area contributed by atoms with Crippen molar-refractivity contribution in [3.05, 3.63) is 101 Å². The van der Waals surface area contributed by atoms with Crippen molar-refractivity contribution in [2.75, 3.05) is 0 Å². The Hall–Kier alpha value is -4.06. The lowest BCUT2D eigenvalue weighted by Crippen LogP contribution is -2.12. The van der Waals surface area contributed by atoms with Crippen molar-refractivity contribution in [2.24, 2.45) is 16.8 Å². The summed E-state index contributed by atoms with van der Waals surface area (Å²) in [6.45, 7) is 3.59. The molecule has 0 spiro atoms. The van der Waals surface area contributed by atoms with Crippen LogP contribution < -0.4 is 10.1 Å². The number of hydrogen-bond acceptors (Lipinski definition) is 3. The minimum absolute atomic E-state index is 0.121. The summed E-state index contributed by atoms with van der Waals surface area (Å²) in [5.41, 5.74) is 6.72. The number of H-pyrrole nitrogens is 1. The summed E-state index contributed by atoms with van der Waals surface area (Å²) >= 11 is 0. The van der Waals surface area contributed by atoms with E-state index < -0.39 is 6.61 Å². The van der Waals surface area contributed by atoms with E-state index in [0.717, 1.165) is 69.9 Å². The number of allylic oxidation sites excluding steroid dienone is 2. The first-order valence-electron chi connectivity index (χ1n) is 15.9. The molecule has 44 heavy (non-hydrogen) atoms. The second kappa shape index (κ2) is 14.6. The van der Waals surface area contributed by atoms with Gasteiger partial charge < -0.3 is 9.72 Å². The SMILES string of the molecule is CCC/C=C(\CC)CCC(CC(=O)c1ccc(N=c2ccccc3c(-c4ccc(OC(F)F)cc4)c[nH]c23)cc1C)C1CC1. The second-order valence-electron chi connectivity index (χ2n) is 11.9. The number of fused-ring (bicyclic) bond motifs is 1. The largest absolute Gasteiger partial charge is 0.435 e. The van der Waals surface area contributed by atoms with Gasteiger partial charge in [0, 0.05) is 29.1 Å². The van der Waals surface area contributed by atoms with Gasteiger partial charge in [-0.3, -0.25) is 4.79 Å². The standard InChI is InChI=1S/C38H42F2N2O2/c1-4-6-9-26(5-2)12-13-29(27-14-15-27)23-36(43)32-21-18-30(22-25(32)3)42-35-11-8-7-10-33-34(24-41-37(33)35)28-16-19-31(20-17-28)44-38(39)40/h7-11,16-22,24,27,29,38,41H,4-6,12-15,23H2,1-3H3/b26-9+,42-35?. The van der Waals surface area contributed by atoms with Crippen molar-refractivity contribution < 1.29 is 18.3 Å². The van der Waals surface area contributed by atoms with Crippen molar-refractivity contribution >= 4 is 22.4 Å². The van der Waals surface area contributed by atoms with Gasteiger partial charge in [-0.25, -0.2) is 4.99 Å². The molecular formula is C38H42F2N2O2. The number of ketones is 1. The van der Waals surface area contributed by atoms with E-state index in [2.05, 4.69) is 29.6 Å². The number of unbranched alkanes of at least 4 members (excludes halogenated alkanes) is 1. The Morgan fingerprint density at radius 3 is 2.52 bits per heavy atom. The number of carbonyl (C=O) groups excluding carboxylic acids is 1. The number of Topliss-reactive ketones (excluding diaryl/α,β-unsaturated/α-hetero) is 1. The summed E-state index contributed by atoms with van der Waals surface area (Å²) in [7, 11) is 0. The van der Waals surface area contributed by atoms with Crippen LogP contribution in [0.1, 0.15) is 81.1 Å². The van der Waals surface area contributed by atoms with Crippen LogP contribution in [0.3, 0.4) is 0 Å². The lowest BCUT2D eigenvalue weighted by atomic mass is 9.87. The molecule has 1 aliphatic carbocycles. The van der Waals surface area contributed by atoms with Crippen LogP contribution in [0, 0.1) is 18.8 Å². The van der Waals surface area contributed by atoms with Crippen LogP contribution >= 0.6 is 0 Å². The third kappa shape index (κ3) is 7.90. The Kier molecular flexibility index (Phi) is 10.4. The van der Waals surface area contributed by atoms with Crippen LogP contribution in [0.15, 0.2) is 89.6 Å². The summed E-state index contributed by atoms with van der Waals surface area (Å²) in [6, 6.07) is 20.3. The first-order valence-corrected chi connectivity index (χ1v) is 15.9. The number of alkyl halides is 2. The van der Waals surface area contributed by atoms with E-state index in [-0.39, 0.29) is 11.5 Å². The summed E-state index contributed by atoms with van der Waals surface area (Å²) in [4.78, 5) is 21.8. The van der Waals surface area contributed by atoms with E-state index in [1.54, 1.807) is 24.3 Å². The molecule has 0 radical (unpaired) electrons. The van der Waals surface area contributed by atoms with Crippen molar-refractivity contribution in [1.82, 2.24) is 4.98 Å². The van der Waals surface area contributed by atoms with Crippen molar-refractivity contribution in [1.29, 1.82) is 0 Å². The average molecular weight is 597 g/mol. The van der Waals surface area contributed by atoms with E-state index in [1.807, 2.05) is 55.6 Å². The van der Waals surface area contributed by atoms with E-state index in [0.29, 0.717) is 18.3 Å². The van der Waals surface area contributed by atoms with Crippen LogP contribution in [0.5, 0.6) is 5.75 Å². The number of benzene rings is 2. The molecule has 6 heteroatoms. The molecule has 0 saturated heterocycles. The molecule has 4 nitrogen and oxygen atoms in total. The van der Waals surface area contributed by atoms with Gasteiger partial charge in [-0.1, -0.05) is 62.2 Å². The lowest BCUT2D eigenvalue weighted by Gasteiger charge is -2.17. The van der Waals surface area contributed by atoms with Crippen LogP contribution in [0.25, 0.3) is 22.0 Å². The number of carbonyl (C=O) groups is 1. The number of aromatic amines is 1.